The molecule has 0 spiro atoms. The molecule has 2 aromatic heterocycles. The van der Waals surface area contributed by atoms with Gasteiger partial charge in [0.2, 0.25) is 5.95 Å². The average molecular weight is 378 g/mol. The summed E-state index contributed by atoms with van der Waals surface area (Å²) < 4.78 is 0. The lowest BCUT2D eigenvalue weighted by Crippen LogP contribution is -2.19. The van der Waals surface area contributed by atoms with Crippen molar-refractivity contribution < 1.29 is 5.11 Å². The van der Waals surface area contributed by atoms with Gasteiger partial charge in [0.05, 0.1) is 5.56 Å². The zero-order valence-electron chi connectivity index (χ0n) is 13.3. The van der Waals surface area contributed by atoms with Gasteiger partial charge < -0.3 is 16.2 Å². The molecule has 0 aliphatic heterocycles. The highest BCUT2D eigenvalue weighted by atomic mass is 35.5. The Balaban J connectivity index is 1.90. The molecule has 0 aromatic carbocycles. The standard InChI is InChI=1S/C17H17Cl2N5O/c18-14-11(2-1-7-21-14)4-6-13-15(19)23-17(20)24-16(13)22-12-5-3-10(8-12)9-25/h1-2,7,10,12,25H,3,5,8-9H2,(H3,20,22,23,24). The molecule has 2 heterocycles. The summed E-state index contributed by atoms with van der Waals surface area (Å²) in [6.45, 7) is 0.191. The number of nitrogen functional groups attached to an aromatic ring is 1. The first-order valence-electron chi connectivity index (χ1n) is 7.89. The summed E-state index contributed by atoms with van der Waals surface area (Å²) in [5.41, 5.74) is 6.77. The van der Waals surface area contributed by atoms with Crippen molar-refractivity contribution in [2.75, 3.05) is 17.7 Å². The largest absolute Gasteiger partial charge is 0.396 e. The first-order valence-corrected chi connectivity index (χ1v) is 8.65. The van der Waals surface area contributed by atoms with E-state index in [9.17, 15) is 5.11 Å². The van der Waals surface area contributed by atoms with E-state index in [1.807, 2.05) is 0 Å². The fourth-order valence-electron chi connectivity index (χ4n) is 2.84. The zero-order valence-corrected chi connectivity index (χ0v) is 14.8. The third-order valence-corrected chi connectivity index (χ3v) is 4.68. The Bertz CT molecular complexity index is 834. The van der Waals surface area contributed by atoms with Gasteiger partial charge >= 0.3 is 0 Å². The molecule has 6 nitrogen and oxygen atoms in total. The molecule has 4 N–H and O–H groups in total. The normalized spacial score (nSPS) is 19.3. The molecule has 0 bridgehead atoms. The number of hydrogen-bond donors (Lipinski definition) is 3. The van der Waals surface area contributed by atoms with E-state index in [4.69, 9.17) is 28.9 Å². The number of aromatic nitrogens is 3. The summed E-state index contributed by atoms with van der Waals surface area (Å²) in [6, 6.07) is 3.71. The number of aliphatic hydroxyl groups excluding tert-OH is 1. The second kappa shape index (κ2) is 7.87. The predicted octanol–water partition coefficient (Wildman–Crippen LogP) is 2.73. The van der Waals surface area contributed by atoms with E-state index >= 15 is 0 Å². The molecule has 0 radical (unpaired) electrons. The van der Waals surface area contributed by atoms with Crippen molar-refractivity contribution in [1.82, 2.24) is 15.0 Å². The van der Waals surface area contributed by atoms with Gasteiger partial charge in [-0.1, -0.05) is 35.0 Å². The Kier molecular flexibility index (Phi) is 5.59. The van der Waals surface area contributed by atoms with Gasteiger partial charge in [-0.15, -0.1) is 0 Å². The number of halogens is 2. The molecular weight excluding hydrogens is 361 g/mol. The smallest absolute Gasteiger partial charge is 0.223 e. The van der Waals surface area contributed by atoms with Crippen molar-refractivity contribution in [2.24, 2.45) is 5.92 Å². The number of nitrogens with two attached hydrogens (primary N) is 1. The Morgan fingerprint density at radius 3 is 2.80 bits per heavy atom. The molecule has 1 fully saturated rings. The van der Waals surface area contributed by atoms with Gasteiger partial charge in [-0.05, 0) is 37.3 Å². The average Bonchev–Trinajstić information content (AvgIpc) is 3.03. The van der Waals surface area contributed by atoms with Crippen LogP contribution in [0.15, 0.2) is 18.3 Å². The molecule has 130 valence electrons. The van der Waals surface area contributed by atoms with Gasteiger partial charge in [0.25, 0.3) is 0 Å². The molecule has 25 heavy (non-hydrogen) atoms. The second-order valence-electron chi connectivity index (χ2n) is 5.89. The number of nitrogens with zero attached hydrogens (tertiary/aromatic N) is 3. The molecule has 3 rings (SSSR count). The lowest BCUT2D eigenvalue weighted by atomic mass is 10.1. The van der Waals surface area contributed by atoms with Gasteiger partial charge in [0.1, 0.15) is 16.5 Å². The van der Waals surface area contributed by atoms with Gasteiger partial charge in [-0.2, -0.15) is 9.97 Å². The van der Waals surface area contributed by atoms with Crippen LogP contribution in [0.3, 0.4) is 0 Å². The molecule has 2 atom stereocenters. The summed E-state index contributed by atoms with van der Waals surface area (Å²) in [4.78, 5) is 12.2. The summed E-state index contributed by atoms with van der Waals surface area (Å²) in [5.74, 6) is 6.79. The van der Waals surface area contributed by atoms with E-state index in [0.717, 1.165) is 19.3 Å². The lowest BCUT2D eigenvalue weighted by molar-refractivity contribution is 0.229. The molecule has 1 aliphatic rings. The van der Waals surface area contributed by atoms with E-state index in [-0.39, 0.29) is 23.8 Å². The van der Waals surface area contributed by atoms with Crippen LogP contribution in [0.2, 0.25) is 10.3 Å². The zero-order chi connectivity index (χ0) is 17.8. The number of anilines is 2. The Morgan fingerprint density at radius 2 is 2.08 bits per heavy atom. The van der Waals surface area contributed by atoms with E-state index in [2.05, 4.69) is 32.1 Å². The SMILES string of the molecule is Nc1nc(Cl)c(C#Cc2cccnc2Cl)c(NC2CCC(CO)C2)n1. The quantitative estimate of drug-likeness (QED) is 0.432. The van der Waals surface area contributed by atoms with Crippen LogP contribution < -0.4 is 11.1 Å². The van der Waals surface area contributed by atoms with Gasteiger partial charge in [0, 0.05) is 18.8 Å². The first kappa shape index (κ1) is 17.7. The topological polar surface area (TPSA) is 97.0 Å². The van der Waals surface area contributed by atoms with Crippen LogP contribution in [-0.4, -0.2) is 32.7 Å². The van der Waals surface area contributed by atoms with Crippen LogP contribution in [0.1, 0.15) is 30.4 Å². The maximum absolute atomic E-state index is 9.29. The van der Waals surface area contributed by atoms with Crippen LogP contribution in [0, 0.1) is 17.8 Å². The van der Waals surface area contributed by atoms with Crippen molar-refractivity contribution in [3.05, 3.63) is 39.8 Å². The van der Waals surface area contributed by atoms with Crippen molar-refractivity contribution in [3.63, 3.8) is 0 Å². The molecule has 0 amide bonds. The van der Waals surface area contributed by atoms with E-state index in [1.165, 1.54) is 0 Å². The fraction of sp³-hybridized carbons (Fsp3) is 0.353. The summed E-state index contributed by atoms with van der Waals surface area (Å²) in [5, 5.41) is 13.1. The number of nitrogens with one attached hydrogen (secondary N) is 1. The number of pyridine rings is 1. The van der Waals surface area contributed by atoms with Crippen molar-refractivity contribution in [2.45, 2.75) is 25.3 Å². The maximum Gasteiger partial charge on any atom is 0.223 e. The predicted molar refractivity (Wildman–Crippen MR) is 98.5 cm³/mol. The highest BCUT2D eigenvalue weighted by Gasteiger charge is 2.25. The molecule has 1 saturated carbocycles. The highest BCUT2D eigenvalue weighted by Crippen LogP contribution is 2.29. The Hall–Kier alpha value is -2.07. The molecule has 8 heteroatoms. The molecular formula is C17H17Cl2N5O. The molecule has 2 aromatic rings. The number of aliphatic hydroxyl groups is 1. The van der Waals surface area contributed by atoms with Gasteiger partial charge in [-0.25, -0.2) is 4.98 Å². The van der Waals surface area contributed by atoms with Crippen LogP contribution in [0.25, 0.3) is 0 Å². The minimum Gasteiger partial charge on any atom is -0.396 e. The van der Waals surface area contributed by atoms with Crippen molar-refractivity contribution in [1.29, 1.82) is 0 Å². The van der Waals surface area contributed by atoms with Crippen molar-refractivity contribution in [3.8, 4) is 11.8 Å². The minimum atomic E-state index is 0.0779. The summed E-state index contributed by atoms with van der Waals surface area (Å²) >= 11 is 12.2. The summed E-state index contributed by atoms with van der Waals surface area (Å²) in [6.07, 6.45) is 4.36. The van der Waals surface area contributed by atoms with E-state index in [1.54, 1.807) is 18.3 Å². The Morgan fingerprint density at radius 1 is 1.24 bits per heavy atom. The Labute approximate surface area is 155 Å². The summed E-state index contributed by atoms with van der Waals surface area (Å²) in [7, 11) is 0. The first-order chi connectivity index (χ1) is 12.1. The molecule has 1 aliphatic carbocycles. The van der Waals surface area contributed by atoms with Crippen LogP contribution in [0.5, 0.6) is 0 Å². The second-order valence-corrected chi connectivity index (χ2v) is 6.61. The van der Waals surface area contributed by atoms with Gasteiger partial charge in [0.15, 0.2) is 5.15 Å². The van der Waals surface area contributed by atoms with Gasteiger partial charge in [-0.3, -0.25) is 0 Å². The number of hydrogen-bond acceptors (Lipinski definition) is 6. The monoisotopic (exact) mass is 377 g/mol. The van der Waals surface area contributed by atoms with E-state index < -0.39 is 0 Å². The molecule has 0 saturated heterocycles. The van der Waals surface area contributed by atoms with Crippen molar-refractivity contribution >= 4 is 35.0 Å². The minimum absolute atomic E-state index is 0.0779. The van der Waals surface area contributed by atoms with Crippen LogP contribution in [0.4, 0.5) is 11.8 Å². The number of rotatable bonds is 3. The maximum atomic E-state index is 9.29. The third-order valence-electron chi connectivity index (χ3n) is 4.10. The van der Waals surface area contributed by atoms with E-state index in [0.29, 0.717) is 28.0 Å². The third kappa shape index (κ3) is 4.31. The lowest BCUT2D eigenvalue weighted by Gasteiger charge is -2.15. The van der Waals surface area contributed by atoms with Crippen LogP contribution in [-0.2, 0) is 0 Å². The highest BCUT2D eigenvalue weighted by molar-refractivity contribution is 6.31. The fourth-order valence-corrected chi connectivity index (χ4v) is 3.23. The molecule has 2 unspecified atom stereocenters. The van der Waals surface area contributed by atoms with Crippen LogP contribution >= 0.6 is 23.2 Å².